The van der Waals surface area contributed by atoms with E-state index in [9.17, 15) is 9.59 Å². The number of allylic oxidation sites excluding steroid dienone is 1. The summed E-state index contributed by atoms with van der Waals surface area (Å²) in [5, 5.41) is 0. The molecule has 2 aromatic carbocycles. The zero-order valence-electron chi connectivity index (χ0n) is 17.8. The zero-order chi connectivity index (χ0) is 21.7. The van der Waals surface area contributed by atoms with Crippen molar-refractivity contribution < 1.29 is 19.1 Å². The van der Waals surface area contributed by atoms with Crippen LogP contribution in [0.15, 0.2) is 71.4 Å². The van der Waals surface area contributed by atoms with Crippen LogP contribution in [0.1, 0.15) is 31.9 Å². The summed E-state index contributed by atoms with van der Waals surface area (Å²) in [5.74, 6) is 0.343. The Morgan fingerprint density at radius 2 is 1.73 bits per heavy atom. The molecule has 0 saturated carbocycles. The molecule has 1 amide bonds. The highest BCUT2D eigenvalue weighted by molar-refractivity contribution is 6.16. The van der Waals surface area contributed by atoms with Crippen LogP contribution in [0.25, 0.3) is 6.08 Å². The summed E-state index contributed by atoms with van der Waals surface area (Å²) in [6, 6.07) is 17.4. The molecule has 0 radical (unpaired) electrons. The third-order valence-corrected chi connectivity index (χ3v) is 4.89. The number of hydrogen-bond donors (Lipinski definition) is 0. The van der Waals surface area contributed by atoms with E-state index >= 15 is 0 Å². The molecule has 0 aliphatic carbocycles. The van der Waals surface area contributed by atoms with Gasteiger partial charge in [-0.3, -0.25) is 4.79 Å². The molecule has 156 valence electrons. The van der Waals surface area contributed by atoms with Gasteiger partial charge < -0.3 is 14.4 Å². The lowest BCUT2D eigenvalue weighted by Gasteiger charge is -2.19. The molecule has 2 aromatic rings. The van der Waals surface area contributed by atoms with Gasteiger partial charge in [-0.2, -0.15) is 0 Å². The Kier molecular flexibility index (Phi) is 6.72. The predicted octanol–water partition coefficient (Wildman–Crippen LogP) is 4.59. The molecular formula is C25H27NO4. The highest BCUT2D eigenvalue weighted by atomic mass is 16.5. The second-order valence-electron chi connectivity index (χ2n) is 7.66. The first-order valence-corrected chi connectivity index (χ1v) is 10.0. The fourth-order valence-corrected chi connectivity index (χ4v) is 3.38. The van der Waals surface area contributed by atoms with Gasteiger partial charge in [0.25, 0.3) is 5.91 Å². The topological polar surface area (TPSA) is 55.8 Å². The van der Waals surface area contributed by atoms with Crippen LogP contribution in [0.3, 0.4) is 0 Å². The molecule has 5 nitrogen and oxygen atoms in total. The van der Waals surface area contributed by atoms with Crippen molar-refractivity contribution in [3.63, 3.8) is 0 Å². The van der Waals surface area contributed by atoms with Gasteiger partial charge in [0.1, 0.15) is 12.4 Å². The largest absolute Gasteiger partial charge is 0.489 e. The average Bonchev–Trinajstić information content (AvgIpc) is 2.97. The summed E-state index contributed by atoms with van der Waals surface area (Å²) in [4.78, 5) is 27.0. The van der Waals surface area contributed by atoms with Gasteiger partial charge in [-0.15, -0.1) is 0 Å². The number of amides is 1. The number of carbonyl (C=O) groups is 2. The van der Waals surface area contributed by atoms with Crippen LogP contribution in [-0.4, -0.2) is 30.4 Å². The Morgan fingerprint density at radius 1 is 1.07 bits per heavy atom. The lowest BCUT2D eigenvalue weighted by Crippen LogP contribution is -2.28. The number of rotatable bonds is 7. The highest BCUT2D eigenvalue weighted by Crippen LogP contribution is 2.32. The molecule has 0 spiro atoms. The predicted molar refractivity (Wildman–Crippen MR) is 116 cm³/mol. The summed E-state index contributed by atoms with van der Waals surface area (Å²) < 4.78 is 10.7. The Balaban J connectivity index is 1.81. The Labute approximate surface area is 177 Å². The maximum Gasteiger partial charge on any atom is 0.340 e. The zero-order valence-corrected chi connectivity index (χ0v) is 17.8. The van der Waals surface area contributed by atoms with Crippen molar-refractivity contribution in [2.75, 3.05) is 13.7 Å². The SMILES string of the molecule is COC(=O)C1=C(C)N(CC(C)C)C(=O)/C1=C\c1ccc(OCc2ccccc2)cc1. The van der Waals surface area contributed by atoms with E-state index in [-0.39, 0.29) is 11.8 Å². The molecule has 0 aromatic heterocycles. The lowest BCUT2D eigenvalue weighted by atomic mass is 10.0. The van der Waals surface area contributed by atoms with E-state index in [1.54, 1.807) is 17.9 Å². The van der Waals surface area contributed by atoms with E-state index in [4.69, 9.17) is 9.47 Å². The van der Waals surface area contributed by atoms with Crippen molar-refractivity contribution in [1.29, 1.82) is 0 Å². The van der Waals surface area contributed by atoms with Crippen molar-refractivity contribution >= 4 is 18.0 Å². The number of carbonyl (C=O) groups excluding carboxylic acids is 2. The normalized spacial score (nSPS) is 15.3. The lowest BCUT2D eigenvalue weighted by molar-refractivity contribution is -0.136. The minimum Gasteiger partial charge on any atom is -0.489 e. The van der Waals surface area contributed by atoms with E-state index < -0.39 is 5.97 Å². The van der Waals surface area contributed by atoms with Crippen LogP contribution in [0, 0.1) is 5.92 Å². The Hall–Kier alpha value is -3.34. The van der Waals surface area contributed by atoms with Crippen molar-refractivity contribution in [3.05, 3.63) is 82.6 Å². The van der Waals surface area contributed by atoms with Gasteiger partial charge >= 0.3 is 5.97 Å². The fourth-order valence-electron chi connectivity index (χ4n) is 3.38. The van der Waals surface area contributed by atoms with Crippen molar-refractivity contribution in [1.82, 2.24) is 4.90 Å². The van der Waals surface area contributed by atoms with Crippen LogP contribution in [0.4, 0.5) is 0 Å². The Morgan fingerprint density at radius 3 is 2.33 bits per heavy atom. The number of esters is 1. The summed E-state index contributed by atoms with van der Waals surface area (Å²) in [6.07, 6.45) is 1.74. The van der Waals surface area contributed by atoms with Crippen molar-refractivity contribution in [3.8, 4) is 5.75 Å². The summed E-state index contributed by atoms with van der Waals surface area (Å²) >= 11 is 0. The molecule has 0 fully saturated rings. The van der Waals surface area contributed by atoms with Gasteiger partial charge in [-0.25, -0.2) is 4.79 Å². The molecular weight excluding hydrogens is 378 g/mol. The summed E-state index contributed by atoms with van der Waals surface area (Å²) in [7, 11) is 1.33. The standard InChI is InChI=1S/C25H27NO4/c1-17(2)15-26-18(3)23(25(28)29-4)22(24(26)27)14-19-10-12-21(13-11-19)30-16-20-8-6-5-7-9-20/h5-14,17H,15-16H2,1-4H3/b22-14-. The molecule has 0 N–H and O–H groups in total. The van der Waals surface area contributed by atoms with E-state index in [0.717, 1.165) is 16.9 Å². The van der Waals surface area contributed by atoms with Crippen LogP contribution in [0.5, 0.6) is 5.75 Å². The van der Waals surface area contributed by atoms with Crippen molar-refractivity contribution in [2.24, 2.45) is 5.92 Å². The molecule has 0 saturated heterocycles. The molecule has 1 aliphatic heterocycles. The van der Waals surface area contributed by atoms with E-state index in [1.807, 2.05) is 68.4 Å². The van der Waals surface area contributed by atoms with Crippen LogP contribution in [0.2, 0.25) is 0 Å². The van der Waals surface area contributed by atoms with Crippen molar-refractivity contribution in [2.45, 2.75) is 27.4 Å². The highest BCUT2D eigenvalue weighted by Gasteiger charge is 2.37. The molecule has 30 heavy (non-hydrogen) atoms. The third-order valence-electron chi connectivity index (χ3n) is 4.89. The second-order valence-corrected chi connectivity index (χ2v) is 7.66. The molecule has 3 rings (SSSR count). The van der Waals surface area contributed by atoms with Gasteiger partial charge in [0, 0.05) is 12.2 Å². The summed E-state index contributed by atoms with van der Waals surface area (Å²) in [6.45, 7) is 6.89. The first-order valence-electron chi connectivity index (χ1n) is 10.0. The molecule has 5 heteroatoms. The van der Waals surface area contributed by atoms with Gasteiger partial charge in [-0.05, 0) is 42.2 Å². The maximum absolute atomic E-state index is 13.0. The first kappa shape index (κ1) is 21.4. The number of ether oxygens (including phenoxy) is 2. The molecule has 0 bridgehead atoms. The summed E-state index contributed by atoms with van der Waals surface area (Å²) in [5.41, 5.74) is 3.22. The smallest absolute Gasteiger partial charge is 0.340 e. The number of nitrogens with zero attached hydrogens (tertiary/aromatic N) is 1. The molecule has 1 heterocycles. The number of benzene rings is 2. The molecule has 0 unspecified atom stereocenters. The quantitative estimate of drug-likeness (QED) is 0.499. The minimum atomic E-state index is -0.499. The van der Waals surface area contributed by atoms with E-state index in [2.05, 4.69) is 0 Å². The van der Waals surface area contributed by atoms with Crippen LogP contribution in [-0.2, 0) is 20.9 Å². The number of methoxy groups -OCH3 is 1. The van der Waals surface area contributed by atoms with E-state index in [0.29, 0.717) is 30.0 Å². The van der Waals surface area contributed by atoms with E-state index in [1.165, 1.54) is 7.11 Å². The monoisotopic (exact) mass is 405 g/mol. The average molecular weight is 405 g/mol. The molecule has 0 atom stereocenters. The second kappa shape index (κ2) is 9.44. The van der Waals surface area contributed by atoms with Gasteiger partial charge in [0.15, 0.2) is 0 Å². The maximum atomic E-state index is 13.0. The van der Waals surface area contributed by atoms with Gasteiger partial charge in [0.2, 0.25) is 0 Å². The third kappa shape index (κ3) is 4.79. The van der Waals surface area contributed by atoms with Crippen LogP contribution >= 0.6 is 0 Å². The minimum absolute atomic E-state index is 0.175. The number of hydrogen-bond acceptors (Lipinski definition) is 4. The fraction of sp³-hybridized carbons (Fsp3) is 0.280. The Bertz CT molecular complexity index is 972. The van der Waals surface area contributed by atoms with Crippen LogP contribution < -0.4 is 4.74 Å². The van der Waals surface area contributed by atoms with Gasteiger partial charge in [0.05, 0.1) is 18.3 Å². The first-order chi connectivity index (χ1) is 14.4. The van der Waals surface area contributed by atoms with Gasteiger partial charge in [-0.1, -0.05) is 56.3 Å². The molecule has 1 aliphatic rings.